The third kappa shape index (κ3) is 3.08. The second-order valence-corrected chi connectivity index (χ2v) is 7.66. The van der Waals surface area contributed by atoms with Crippen LogP contribution < -0.4 is 5.32 Å². The molecule has 1 N–H and O–H groups in total. The van der Waals surface area contributed by atoms with Crippen molar-refractivity contribution in [3.8, 4) is 10.8 Å². The van der Waals surface area contributed by atoms with Gasteiger partial charge in [0.1, 0.15) is 17.3 Å². The molecule has 26 heavy (non-hydrogen) atoms. The Labute approximate surface area is 162 Å². The summed E-state index contributed by atoms with van der Waals surface area (Å²) in [5, 5.41) is 3.69. The van der Waals surface area contributed by atoms with E-state index in [1.165, 1.54) is 0 Å². The molecule has 0 bridgehead atoms. The zero-order chi connectivity index (χ0) is 18.3. The maximum absolute atomic E-state index is 12.4. The van der Waals surface area contributed by atoms with Gasteiger partial charge in [0.05, 0.1) is 26.8 Å². The Balaban J connectivity index is 1.49. The number of furan rings is 2. The Kier molecular flexibility index (Phi) is 4.42. The second kappa shape index (κ2) is 6.74. The van der Waals surface area contributed by atoms with Crippen LogP contribution in [0.25, 0.3) is 21.0 Å². The number of amides is 1. The first-order valence-electron chi connectivity index (χ1n) is 8.01. The summed E-state index contributed by atoms with van der Waals surface area (Å²) in [6, 6.07) is 11.7. The van der Waals surface area contributed by atoms with Crippen molar-refractivity contribution >= 4 is 43.4 Å². The van der Waals surface area contributed by atoms with Gasteiger partial charge in [-0.2, -0.15) is 0 Å². The summed E-state index contributed by atoms with van der Waals surface area (Å²) in [4.78, 5) is 17.0. The average Bonchev–Trinajstić information content (AvgIpc) is 3.31. The molecular weight excluding hydrogens is 416 g/mol. The zero-order valence-corrected chi connectivity index (χ0v) is 16.5. The molecule has 0 radical (unpaired) electrons. The Bertz CT molecular complexity index is 1080. The molecule has 0 atom stereocenters. The van der Waals surface area contributed by atoms with Gasteiger partial charge in [0, 0.05) is 0 Å². The number of thiazole rings is 1. The minimum Gasteiger partial charge on any atom is -0.465 e. The lowest BCUT2D eigenvalue weighted by Crippen LogP contribution is -2.23. The van der Waals surface area contributed by atoms with Gasteiger partial charge >= 0.3 is 0 Å². The van der Waals surface area contributed by atoms with Crippen LogP contribution in [0.4, 0.5) is 0 Å². The number of para-hydroxylation sites is 1. The minimum absolute atomic E-state index is 0.204. The number of rotatable bonds is 4. The monoisotopic (exact) mass is 430 g/mol. The third-order valence-electron chi connectivity index (χ3n) is 4.00. The van der Waals surface area contributed by atoms with Gasteiger partial charge in [0.2, 0.25) is 0 Å². The third-order valence-corrected chi connectivity index (χ3v) is 6.01. The molecular formula is C19H15BrN2O3S. The van der Waals surface area contributed by atoms with Crippen LogP contribution >= 0.6 is 27.3 Å². The van der Waals surface area contributed by atoms with E-state index in [0.29, 0.717) is 39.6 Å². The topological polar surface area (TPSA) is 68.3 Å². The predicted octanol–water partition coefficient (Wildman–Crippen LogP) is 5.46. The molecule has 0 spiro atoms. The number of nitrogens with one attached hydrogen (secondary N) is 1. The van der Waals surface area contributed by atoms with Gasteiger partial charge in [-0.1, -0.05) is 12.1 Å². The van der Waals surface area contributed by atoms with Crippen LogP contribution in [0, 0.1) is 13.8 Å². The van der Waals surface area contributed by atoms with Crippen LogP contribution in [0.3, 0.4) is 0 Å². The molecule has 0 aliphatic carbocycles. The maximum Gasteiger partial charge on any atom is 0.256 e. The fraction of sp³-hybridized carbons (Fsp3) is 0.158. The van der Waals surface area contributed by atoms with Gasteiger partial charge in [0.25, 0.3) is 5.91 Å². The van der Waals surface area contributed by atoms with E-state index in [9.17, 15) is 4.79 Å². The quantitative estimate of drug-likeness (QED) is 0.466. The number of carbonyl (C=O) groups is 1. The summed E-state index contributed by atoms with van der Waals surface area (Å²) in [6.45, 7) is 3.87. The number of hydrogen-bond acceptors (Lipinski definition) is 5. The summed E-state index contributed by atoms with van der Waals surface area (Å²) < 4.78 is 13.1. The summed E-state index contributed by atoms with van der Waals surface area (Å²) in [6.07, 6.45) is 0. The molecule has 1 amide bonds. The number of hydrogen-bond donors (Lipinski definition) is 1. The standard InChI is InChI=1S/C19H15BrN2O3S/c1-10-16(17(20)11(2)24-10)18(23)21-9-12-7-8-14(25-12)19-22-13-5-3-4-6-15(13)26-19/h3-8H,9H2,1-2H3,(H,21,23). The van der Waals surface area contributed by atoms with Gasteiger partial charge in [-0.25, -0.2) is 4.98 Å². The van der Waals surface area contributed by atoms with Crippen LogP contribution in [-0.4, -0.2) is 10.9 Å². The van der Waals surface area contributed by atoms with E-state index in [2.05, 4.69) is 26.2 Å². The average molecular weight is 431 g/mol. The normalized spacial score (nSPS) is 11.2. The lowest BCUT2D eigenvalue weighted by Gasteiger charge is -2.02. The van der Waals surface area contributed by atoms with Crippen LogP contribution in [0.5, 0.6) is 0 Å². The van der Waals surface area contributed by atoms with Crippen molar-refractivity contribution < 1.29 is 13.6 Å². The van der Waals surface area contributed by atoms with Crippen molar-refractivity contribution in [2.24, 2.45) is 0 Å². The number of aromatic nitrogens is 1. The van der Waals surface area contributed by atoms with E-state index < -0.39 is 0 Å². The van der Waals surface area contributed by atoms with Gasteiger partial charge in [-0.15, -0.1) is 11.3 Å². The Morgan fingerprint density at radius 3 is 2.69 bits per heavy atom. The van der Waals surface area contributed by atoms with E-state index >= 15 is 0 Å². The smallest absolute Gasteiger partial charge is 0.256 e. The van der Waals surface area contributed by atoms with Gasteiger partial charge in [-0.05, 0) is 54.0 Å². The molecule has 0 unspecified atom stereocenters. The fourth-order valence-corrected chi connectivity index (χ4v) is 4.20. The van der Waals surface area contributed by atoms with Gasteiger partial charge in [-0.3, -0.25) is 4.79 Å². The molecule has 3 aromatic heterocycles. The van der Waals surface area contributed by atoms with E-state index in [-0.39, 0.29) is 5.91 Å². The van der Waals surface area contributed by atoms with Crippen LogP contribution in [0.2, 0.25) is 0 Å². The molecule has 7 heteroatoms. The lowest BCUT2D eigenvalue weighted by molar-refractivity contribution is 0.0946. The molecule has 0 saturated heterocycles. The summed E-state index contributed by atoms with van der Waals surface area (Å²) in [7, 11) is 0. The number of aryl methyl sites for hydroxylation is 2. The molecule has 132 valence electrons. The SMILES string of the molecule is Cc1oc(C)c(C(=O)NCc2ccc(-c3nc4ccccc4s3)o2)c1Br. The molecule has 0 aliphatic heterocycles. The Hall–Kier alpha value is -2.38. The molecule has 1 aromatic carbocycles. The largest absolute Gasteiger partial charge is 0.465 e. The highest BCUT2D eigenvalue weighted by Crippen LogP contribution is 2.31. The summed E-state index contributed by atoms with van der Waals surface area (Å²) in [5.41, 5.74) is 1.47. The van der Waals surface area contributed by atoms with E-state index in [0.717, 1.165) is 15.2 Å². The predicted molar refractivity (Wildman–Crippen MR) is 104 cm³/mol. The first-order chi connectivity index (χ1) is 12.5. The molecule has 3 heterocycles. The van der Waals surface area contributed by atoms with Crippen LogP contribution in [0.15, 0.2) is 49.7 Å². The first kappa shape index (κ1) is 17.1. The van der Waals surface area contributed by atoms with Crippen molar-refractivity contribution in [1.82, 2.24) is 10.3 Å². The van der Waals surface area contributed by atoms with Gasteiger partial charge < -0.3 is 14.2 Å². The highest BCUT2D eigenvalue weighted by atomic mass is 79.9. The van der Waals surface area contributed by atoms with E-state index in [1.807, 2.05) is 43.3 Å². The fourth-order valence-electron chi connectivity index (χ4n) is 2.74. The summed E-state index contributed by atoms with van der Waals surface area (Å²) in [5.74, 6) is 2.43. The highest BCUT2D eigenvalue weighted by molar-refractivity contribution is 9.10. The van der Waals surface area contributed by atoms with Crippen molar-refractivity contribution in [3.63, 3.8) is 0 Å². The summed E-state index contributed by atoms with van der Waals surface area (Å²) >= 11 is 4.98. The van der Waals surface area contributed by atoms with Crippen LogP contribution in [0.1, 0.15) is 27.6 Å². The van der Waals surface area contributed by atoms with Crippen molar-refractivity contribution in [2.45, 2.75) is 20.4 Å². The highest BCUT2D eigenvalue weighted by Gasteiger charge is 2.20. The zero-order valence-electron chi connectivity index (χ0n) is 14.1. The molecule has 4 rings (SSSR count). The van der Waals surface area contributed by atoms with Crippen molar-refractivity contribution in [1.29, 1.82) is 0 Å². The molecule has 0 aliphatic rings. The number of carbonyl (C=O) groups excluding carboxylic acids is 1. The van der Waals surface area contributed by atoms with E-state index in [1.54, 1.807) is 18.3 Å². The second-order valence-electron chi connectivity index (χ2n) is 5.84. The Morgan fingerprint density at radius 2 is 1.96 bits per heavy atom. The van der Waals surface area contributed by atoms with E-state index in [4.69, 9.17) is 8.83 Å². The molecule has 5 nitrogen and oxygen atoms in total. The van der Waals surface area contributed by atoms with Gasteiger partial charge in [0.15, 0.2) is 10.8 Å². The molecule has 4 aromatic rings. The maximum atomic E-state index is 12.4. The lowest BCUT2D eigenvalue weighted by atomic mass is 10.2. The minimum atomic E-state index is -0.204. The number of fused-ring (bicyclic) bond motifs is 1. The Morgan fingerprint density at radius 1 is 1.15 bits per heavy atom. The van der Waals surface area contributed by atoms with Crippen molar-refractivity contribution in [3.05, 3.63) is 63.7 Å². The molecule has 0 saturated carbocycles. The van der Waals surface area contributed by atoms with Crippen molar-refractivity contribution in [2.75, 3.05) is 0 Å². The van der Waals surface area contributed by atoms with Crippen LogP contribution in [-0.2, 0) is 6.54 Å². The first-order valence-corrected chi connectivity index (χ1v) is 9.62. The number of halogens is 1. The number of benzene rings is 1. The number of nitrogens with zero attached hydrogens (tertiary/aromatic N) is 1. The molecule has 0 fully saturated rings.